The van der Waals surface area contributed by atoms with Crippen molar-refractivity contribution < 1.29 is 0 Å². The van der Waals surface area contributed by atoms with Crippen molar-refractivity contribution in [3.05, 3.63) is 206 Å². The predicted octanol–water partition coefficient (Wildman–Crippen LogP) is 15.1. The van der Waals surface area contributed by atoms with Gasteiger partial charge < -0.3 is 9.47 Å². The molecule has 0 unspecified atom stereocenters. The van der Waals surface area contributed by atoms with Crippen LogP contribution in [0.1, 0.15) is 0 Å². The highest BCUT2D eigenvalue weighted by molar-refractivity contribution is 7.26. The van der Waals surface area contributed by atoms with Gasteiger partial charge in [-0.05, 0) is 69.9 Å². The molecular formula is C52H34N2S. The highest BCUT2D eigenvalue weighted by atomic mass is 32.1. The third kappa shape index (κ3) is 5.09. The van der Waals surface area contributed by atoms with E-state index in [0.29, 0.717) is 0 Å². The van der Waals surface area contributed by atoms with Crippen molar-refractivity contribution in [2.24, 2.45) is 0 Å². The first-order valence-electron chi connectivity index (χ1n) is 18.8. The number of anilines is 3. The van der Waals surface area contributed by atoms with Crippen LogP contribution in [0.4, 0.5) is 17.1 Å². The van der Waals surface area contributed by atoms with Crippen LogP contribution in [-0.2, 0) is 0 Å². The van der Waals surface area contributed by atoms with Crippen LogP contribution in [-0.4, -0.2) is 4.57 Å². The maximum Gasteiger partial charge on any atom is 0.0703 e. The van der Waals surface area contributed by atoms with Crippen molar-refractivity contribution in [1.29, 1.82) is 0 Å². The topological polar surface area (TPSA) is 8.17 Å². The molecule has 9 aromatic carbocycles. The summed E-state index contributed by atoms with van der Waals surface area (Å²) in [5.74, 6) is 0. The lowest BCUT2D eigenvalue weighted by molar-refractivity contribution is 1.15. The molecule has 258 valence electrons. The molecule has 0 aliphatic carbocycles. The molecule has 0 aliphatic heterocycles. The van der Waals surface area contributed by atoms with Crippen molar-refractivity contribution in [3.8, 4) is 27.9 Å². The summed E-state index contributed by atoms with van der Waals surface area (Å²) < 4.78 is 5.00. The fraction of sp³-hybridized carbons (Fsp3) is 0. The minimum Gasteiger partial charge on any atom is -0.307 e. The molecule has 2 heterocycles. The largest absolute Gasteiger partial charge is 0.307 e. The Kier molecular flexibility index (Phi) is 7.39. The van der Waals surface area contributed by atoms with Gasteiger partial charge in [-0.15, -0.1) is 11.3 Å². The maximum absolute atomic E-state index is 2.54. The Balaban J connectivity index is 1.27. The van der Waals surface area contributed by atoms with E-state index in [1.165, 1.54) is 75.0 Å². The monoisotopic (exact) mass is 718 g/mol. The standard InChI is InChI=1S/C52H34N2S/c1-2-16-36(17-3-1)40-33-32-37(39-24-14-19-35-18-4-5-20-38(35)39)34-50(40)54(49-30-15-25-44-43-23-8-13-31-51(43)55-52(44)49)48-29-12-11-28-47(48)53-45-26-9-6-21-41(45)42-22-7-10-27-46(42)53/h1-34H. The second-order valence-corrected chi connectivity index (χ2v) is 15.1. The van der Waals surface area contributed by atoms with E-state index in [2.05, 4.69) is 216 Å². The first-order chi connectivity index (χ1) is 27.3. The van der Waals surface area contributed by atoms with Crippen LogP contribution >= 0.6 is 11.3 Å². The summed E-state index contributed by atoms with van der Waals surface area (Å²) in [7, 11) is 0. The Morgan fingerprint density at radius 1 is 0.364 bits per heavy atom. The zero-order chi connectivity index (χ0) is 36.3. The van der Waals surface area contributed by atoms with Crippen LogP contribution in [0.25, 0.3) is 80.7 Å². The van der Waals surface area contributed by atoms with Crippen molar-refractivity contribution in [2.45, 2.75) is 0 Å². The highest BCUT2D eigenvalue weighted by Gasteiger charge is 2.25. The van der Waals surface area contributed by atoms with Gasteiger partial charge in [0, 0.05) is 31.8 Å². The van der Waals surface area contributed by atoms with Crippen LogP contribution in [0.15, 0.2) is 206 Å². The molecular weight excluding hydrogens is 685 g/mol. The summed E-state index contributed by atoms with van der Waals surface area (Å²) in [5, 5.41) is 7.52. The number of hydrogen-bond donors (Lipinski definition) is 0. The Labute approximate surface area is 323 Å². The van der Waals surface area contributed by atoms with Crippen molar-refractivity contribution >= 4 is 81.1 Å². The Bertz CT molecular complexity index is 3170. The van der Waals surface area contributed by atoms with Crippen molar-refractivity contribution in [2.75, 3.05) is 4.90 Å². The van der Waals surface area contributed by atoms with Gasteiger partial charge in [0.1, 0.15) is 0 Å². The number of aromatic nitrogens is 1. The highest BCUT2D eigenvalue weighted by Crippen LogP contribution is 2.50. The van der Waals surface area contributed by atoms with Gasteiger partial charge in [-0.25, -0.2) is 0 Å². The molecule has 0 spiro atoms. The lowest BCUT2D eigenvalue weighted by Crippen LogP contribution is -2.14. The third-order valence-electron chi connectivity index (χ3n) is 11.0. The zero-order valence-corrected chi connectivity index (χ0v) is 30.7. The van der Waals surface area contributed by atoms with Gasteiger partial charge in [0.05, 0.1) is 38.5 Å². The summed E-state index contributed by atoms with van der Waals surface area (Å²) in [5.41, 5.74) is 11.6. The fourth-order valence-electron chi connectivity index (χ4n) is 8.55. The number of para-hydroxylation sites is 4. The molecule has 0 atom stereocenters. The minimum atomic E-state index is 1.10. The molecule has 11 aromatic rings. The van der Waals surface area contributed by atoms with Crippen LogP contribution in [0.3, 0.4) is 0 Å². The summed E-state index contributed by atoms with van der Waals surface area (Å²) in [6, 6.07) is 75.3. The number of nitrogens with zero attached hydrogens (tertiary/aromatic N) is 2. The molecule has 11 rings (SSSR count). The lowest BCUT2D eigenvalue weighted by Gasteiger charge is -2.31. The number of benzene rings is 9. The molecule has 0 fully saturated rings. The molecule has 2 aromatic heterocycles. The van der Waals surface area contributed by atoms with E-state index in [1.807, 2.05) is 11.3 Å². The number of fused-ring (bicyclic) bond motifs is 7. The molecule has 0 bridgehead atoms. The average molecular weight is 719 g/mol. The summed E-state index contributed by atoms with van der Waals surface area (Å²) in [6.07, 6.45) is 0. The summed E-state index contributed by atoms with van der Waals surface area (Å²) in [6.45, 7) is 0. The number of hydrogen-bond acceptors (Lipinski definition) is 2. The van der Waals surface area contributed by atoms with Gasteiger partial charge in [-0.1, -0.05) is 164 Å². The van der Waals surface area contributed by atoms with Crippen LogP contribution in [0.2, 0.25) is 0 Å². The maximum atomic E-state index is 2.54. The molecule has 3 heteroatoms. The SMILES string of the molecule is c1ccc(-c2ccc(-c3cccc4ccccc34)cc2N(c2ccccc2-n2c3ccccc3c3ccccc32)c2cccc3c2sc2ccccc23)cc1. The number of rotatable bonds is 6. The third-order valence-corrected chi connectivity index (χ3v) is 12.2. The molecule has 0 saturated carbocycles. The first kappa shape index (κ1) is 31.6. The van der Waals surface area contributed by atoms with Gasteiger partial charge in [0.25, 0.3) is 0 Å². The predicted molar refractivity (Wildman–Crippen MR) is 237 cm³/mol. The minimum absolute atomic E-state index is 1.10. The van der Waals surface area contributed by atoms with Crippen LogP contribution < -0.4 is 4.90 Å². The van der Waals surface area contributed by atoms with E-state index in [0.717, 1.165) is 22.7 Å². The van der Waals surface area contributed by atoms with Crippen LogP contribution in [0, 0.1) is 0 Å². The molecule has 0 saturated heterocycles. The van der Waals surface area contributed by atoms with Crippen molar-refractivity contribution in [3.63, 3.8) is 0 Å². The Morgan fingerprint density at radius 3 is 1.78 bits per heavy atom. The van der Waals surface area contributed by atoms with E-state index < -0.39 is 0 Å². The van der Waals surface area contributed by atoms with E-state index >= 15 is 0 Å². The van der Waals surface area contributed by atoms with Crippen molar-refractivity contribution in [1.82, 2.24) is 4.57 Å². The quantitative estimate of drug-likeness (QED) is 0.166. The van der Waals surface area contributed by atoms with E-state index in [4.69, 9.17) is 0 Å². The Morgan fingerprint density at radius 2 is 0.964 bits per heavy atom. The molecule has 55 heavy (non-hydrogen) atoms. The van der Waals surface area contributed by atoms with Gasteiger partial charge in [0.15, 0.2) is 0 Å². The molecule has 0 amide bonds. The average Bonchev–Trinajstić information content (AvgIpc) is 3.81. The van der Waals surface area contributed by atoms with Gasteiger partial charge in [0.2, 0.25) is 0 Å². The Hall–Kier alpha value is -6.94. The first-order valence-corrected chi connectivity index (χ1v) is 19.6. The number of thiophene rings is 1. The van der Waals surface area contributed by atoms with Gasteiger partial charge >= 0.3 is 0 Å². The van der Waals surface area contributed by atoms with E-state index in [-0.39, 0.29) is 0 Å². The normalized spacial score (nSPS) is 11.6. The van der Waals surface area contributed by atoms with Gasteiger partial charge in [-0.3, -0.25) is 0 Å². The molecule has 0 radical (unpaired) electrons. The van der Waals surface area contributed by atoms with Gasteiger partial charge in [-0.2, -0.15) is 0 Å². The molecule has 0 N–H and O–H groups in total. The summed E-state index contributed by atoms with van der Waals surface area (Å²) in [4.78, 5) is 2.54. The summed E-state index contributed by atoms with van der Waals surface area (Å²) >= 11 is 1.87. The zero-order valence-electron chi connectivity index (χ0n) is 29.9. The second-order valence-electron chi connectivity index (χ2n) is 14.1. The fourth-order valence-corrected chi connectivity index (χ4v) is 9.75. The molecule has 0 aliphatic rings. The smallest absolute Gasteiger partial charge is 0.0703 e. The van der Waals surface area contributed by atoms with E-state index in [9.17, 15) is 0 Å². The molecule has 2 nitrogen and oxygen atoms in total. The second kappa shape index (κ2) is 12.9. The van der Waals surface area contributed by atoms with E-state index in [1.54, 1.807) is 0 Å². The lowest BCUT2D eigenvalue weighted by atomic mass is 9.94. The van der Waals surface area contributed by atoms with Crippen LogP contribution in [0.5, 0.6) is 0 Å².